The largest absolute Gasteiger partial charge is 0.380 e. The third-order valence-corrected chi connectivity index (χ3v) is 2.82. The number of rotatable bonds is 1. The number of allylic oxidation sites excluding steroid dienone is 1. The first kappa shape index (κ1) is 11.3. The number of benzene rings is 1. The highest BCUT2D eigenvalue weighted by molar-refractivity contribution is 5.68. The van der Waals surface area contributed by atoms with E-state index in [-0.39, 0.29) is 5.54 Å². The number of nitrogens with one attached hydrogen (secondary N) is 1. The Morgan fingerprint density at radius 1 is 1.12 bits per heavy atom. The maximum Gasteiger partial charge on any atom is 0.0380 e. The normalized spacial score (nSPS) is 16.1. The van der Waals surface area contributed by atoms with E-state index in [2.05, 4.69) is 56.4 Å². The molecule has 86 valence electrons. The summed E-state index contributed by atoms with van der Waals surface area (Å²) in [5.41, 5.74) is 4.29. The van der Waals surface area contributed by atoms with Crippen LogP contribution in [-0.2, 0) is 6.42 Å². The first-order valence-electron chi connectivity index (χ1n) is 6.13. The minimum absolute atomic E-state index is 0.128. The molecule has 0 radical (unpaired) electrons. The second kappa shape index (κ2) is 4.32. The van der Waals surface area contributed by atoms with Gasteiger partial charge >= 0.3 is 0 Å². The van der Waals surface area contributed by atoms with Crippen LogP contribution in [0, 0.1) is 0 Å². The Balaban J connectivity index is 2.35. The summed E-state index contributed by atoms with van der Waals surface area (Å²) in [6.07, 6.45) is 5.97. The number of fused-ring (bicyclic) bond motifs is 1. The fourth-order valence-corrected chi connectivity index (χ4v) is 2.17. The van der Waals surface area contributed by atoms with Crippen LogP contribution in [-0.4, -0.2) is 5.54 Å². The van der Waals surface area contributed by atoms with Gasteiger partial charge in [-0.15, -0.1) is 0 Å². The van der Waals surface area contributed by atoms with E-state index < -0.39 is 0 Å². The van der Waals surface area contributed by atoms with Crippen LogP contribution in [0.3, 0.4) is 0 Å². The van der Waals surface area contributed by atoms with Crippen LogP contribution in [0.1, 0.15) is 44.7 Å². The first-order chi connectivity index (χ1) is 7.56. The van der Waals surface area contributed by atoms with Gasteiger partial charge in [-0.1, -0.05) is 30.3 Å². The van der Waals surface area contributed by atoms with Crippen molar-refractivity contribution < 1.29 is 0 Å². The zero-order valence-corrected chi connectivity index (χ0v) is 10.5. The Kier molecular flexibility index (Phi) is 3.04. The van der Waals surface area contributed by atoms with Crippen molar-refractivity contribution in [2.75, 3.05) is 0 Å². The molecule has 0 fully saturated rings. The minimum atomic E-state index is 0.128. The fraction of sp³-hybridized carbons (Fsp3) is 0.467. The number of aryl methyl sites for hydroxylation is 1. The van der Waals surface area contributed by atoms with Crippen molar-refractivity contribution >= 4 is 5.70 Å². The van der Waals surface area contributed by atoms with E-state index in [4.69, 9.17) is 0 Å². The van der Waals surface area contributed by atoms with Crippen LogP contribution >= 0.6 is 0 Å². The first-order valence-corrected chi connectivity index (χ1v) is 6.13. The molecule has 1 aromatic carbocycles. The van der Waals surface area contributed by atoms with Crippen molar-refractivity contribution in [1.82, 2.24) is 5.32 Å². The Morgan fingerprint density at radius 3 is 2.62 bits per heavy atom. The van der Waals surface area contributed by atoms with Crippen LogP contribution in [0.15, 0.2) is 30.3 Å². The molecule has 1 aliphatic rings. The third kappa shape index (κ3) is 2.66. The maximum absolute atomic E-state index is 3.62. The summed E-state index contributed by atoms with van der Waals surface area (Å²) in [6.45, 7) is 6.63. The molecule has 0 heterocycles. The molecule has 1 N–H and O–H groups in total. The standard InChI is InChI=1S/C15H21N/c1-15(2,3)16-14-11-7-5-9-12-8-4-6-10-13(12)14/h4,6,8,10-11,16H,5,7,9H2,1-3H3. The molecule has 1 aliphatic carbocycles. The molecule has 2 rings (SSSR count). The van der Waals surface area contributed by atoms with Crippen molar-refractivity contribution in [3.05, 3.63) is 41.5 Å². The van der Waals surface area contributed by atoms with Crippen molar-refractivity contribution in [2.45, 2.75) is 45.6 Å². The maximum atomic E-state index is 3.62. The molecule has 1 heteroatoms. The highest BCUT2D eigenvalue weighted by Gasteiger charge is 2.16. The highest BCUT2D eigenvalue weighted by Crippen LogP contribution is 2.25. The molecule has 0 saturated carbocycles. The fourth-order valence-electron chi connectivity index (χ4n) is 2.17. The topological polar surface area (TPSA) is 12.0 Å². The van der Waals surface area contributed by atoms with Crippen LogP contribution in [0.25, 0.3) is 5.70 Å². The molecule has 1 aromatic rings. The van der Waals surface area contributed by atoms with E-state index in [0.29, 0.717) is 0 Å². The Bertz CT molecular complexity index is 396. The van der Waals surface area contributed by atoms with Gasteiger partial charge in [-0.25, -0.2) is 0 Å². The smallest absolute Gasteiger partial charge is 0.0380 e. The molecule has 1 nitrogen and oxygen atoms in total. The number of hydrogen-bond donors (Lipinski definition) is 1. The lowest BCUT2D eigenvalue weighted by Crippen LogP contribution is -2.34. The van der Waals surface area contributed by atoms with E-state index in [0.717, 1.165) is 0 Å². The molecular formula is C15H21N. The summed E-state index contributed by atoms with van der Waals surface area (Å²) in [5, 5.41) is 3.62. The average Bonchev–Trinajstić information content (AvgIpc) is 2.39. The van der Waals surface area contributed by atoms with Gasteiger partial charge in [-0.3, -0.25) is 0 Å². The lowest BCUT2D eigenvalue weighted by molar-refractivity contribution is 0.501. The molecule has 0 aliphatic heterocycles. The van der Waals surface area contributed by atoms with E-state index in [1.54, 1.807) is 0 Å². The predicted molar refractivity (Wildman–Crippen MR) is 70.2 cm³/mol. The number of hydrogen-bond acceptors (Lipinski definition) is 1. The third-order valence-electron chi connectivity index (χ3n) is 2.82. The Labute approximate surface area is 98.6 Å². The molecule has 0 amide bonds. The van der Waals surface area contributed by atoms with Crippen molar-refractivity contribution in [1.29, 1.82) is 0 Å². The van der Waals surface area contributed by atoms with Gasteiger partial charge in [-0.05, 0) is 45.6 Å². The van der Waals surface area contributed by atoms with Gasteiger partial charge in [0.1, 0.15) is 0 Å². The molecule has 0 bridgehead atoms. The monoisotopic (exact) mass is 215 g/mol. The van der Waals surface area contributed by atoms with Gasteiger partial charge in [0.25, 0.3) is 0 Å². The molecule has 0 unspecified atom stereocenters. The molecular weight excluding hydrogens is 194 g/mol. The van der Waals surface area contributed by atoms with Crippen LogP contribution in [0.4, 0.5) is 0 Å². The van der Waals surface area contributed by atoms with E-state index in [9.17, 15) is 0 Å². The zero-order valence-electron chi connectivity index (χ0n) is 10.5. The van der Waals surface area contributed by atoms with Crippen molar-refractivity contribution in [3.63, 3.8) is 0 Å². The summed E-state index contributed by atoms with van der Waals surface area (Å²) in [6, 6.07) is 8.74. The van der Waals surface area contributed by atoms with Gasteiger partial charge in [-0.2, -0.15) is 0 Å². The van der Waals surface area contributed by atoms with Gasteiger partial charge in [0, 0.05) is 16.8 Å². The average molecular weight is 215 g/mol. The molecule has 0 spiro atoms. The molecule has 16 heavy (non-hydrogen) atoms. The summed E-state index contributed by atoms with van der Waals surface area (Å²) in [7, 11) is 0. The molecule has 0 aromatic heterocycles. The predicted octanol–water partition coefficient (Wildman–Crippen LogP) is 3.75. The molecule has 0 atom stereocenters. The van der Waals surface area contributed by atoms with Gasteiger partial charge in [0.05, 0.1) is 0 Å². The lowest BCUT2D eigenvalue weighted by Gasteiger charge is -2.25. The quantitative estimate of drug-likeness (QED) is 0.752. The van der Waals surface area contributed by atoms with Gasteiger partial charge < -0.3 is 5.32 Å². The van der Waals surface area contributed by atoms with Gasteiger partial charge in [0.15, 0.2) is 0 Å². The van der Waals surface area contributed by atoms with Crippen LogP contribution < -0.4 is 5.32 Å². The van der Waals surface area contributed by atoms with Crippen LogP contribution in [0.2, 0.25) is 0 Å². The second-order valence-corrected chi connectivity index (χ2v) is 5.54. The summed E-state index contributed by atoms with van der Waals surface area (Å²) in [4.78, 5) is 0. The Morgan fingerprint density at radius 2 is 1.88 bits per heavy atom. The summed E-state index contributed by atoms with van der Waals surface area (Å²) >= 11 is 0. The summed E-state index contributed by atoms with van der Waals surface area (Å²) in [5.74, 6) is 0. The molecule has 0 saturated heterocycles. The lowest BCUT2D eigenvalue weighted by atomic mass is 10.0. The zero-order chi connectivity index (χ0) is 11.6. The van der Waals surface area contributed by atoms with E-state index in [1.807, 2.05) is 0 Å². The van der Waals surface area contributed by atoms with E-state index in [1.165, 1.54) is 36.1 Å². The summed E-state index contributed by atoms with van der Waals surface area (Å²) < 4.78 is 0. The highest BCUT2D eigenvalue weighted by atomic mass is 15.0. The van der Waals surface area contributed by atoms with Crippen LogP contribution in [0.5, 0.6) is 0 Å². The second-order valence-electron chi connectivity index (χ2n) is 5.54. The van der Waals surface area contributed by atoms with Gasteiger partial charge in [0.2, 0.25) is 0 Å². The minimum Gasteiger partial charge on any atom is -0.380 e. The van der Waals surface area contributed by atoms with Crippen molar-refractivity contribution in [3.8, 4) is 0 Å². The van der Waals surface area contributed by atoms with E-state index >= 15 is 0 Å². The van der Waals surface area contributed by atoms with Crippen molar-refractivity contribution in [2.24, 2.45) is 0 Å². The SMILES string of the molecule is CC(C)(C)NC1=CCCCc2ccccc21. The Hall–Kier alpha value is -1.24.